The number of aliphatic hydroxyl groups is 1. The van der Waals surface area contributed by atoms with Crippen LogP contribution in [-0.2, 0) is 4.74 Å². The van der Waals surface area contributed by atoms with Gasteiger partial charge in [-0.05, 0) is 6.07 Å². The normalized spacial score (nSPS) is 18.6. The summed E-state index contributed by atoms with van der Waals surface area (Å²) >= 11 is 11.6. The molecular weight excluding hydrogens is 323 g/mol. The molecule has 9 heteroatoms. The molecule has 0 aromatic heterocycles. The van der Waals surface area contributed by atoms with Gasteiger partial charge in [0.15, 0.2) is 0 Å². The Morgan fingerprint density at radius 2 is 2.24 bits per heavy atom. The minimum atomic E-state index is -0.694. The summed E-state index contributed by atoms with van der Waals surface area (Å²) in [4.78, 5) is 24.0. The van der Waals surface area contributed by atoms with Crippen molar-refractivity contribution in [3.63, 3.8) is 0 Å². The van der Waals surface area contributed by atoms with Crippen LogP contribution >= 0.6 is 23.2 Å². The molecule has 114 valence electrons. The summed E-state index contributed by atoms with van der Waals surface area (Å²) in [6.45, 7) is 0.637. The van der Waals surface area contributed by atoms with Gasteiger partial charge in [-0.3, -0.25) is 14.9 Å². The quantitative estimate of drug-likeness (QED) is 0.671. The predicted octanol–water partition coefficient (Wildman–Crippen LogP) is 1.73. The number of aliphatic hydroxyl groups excluding tert-OH is 1. The zero-order valence-electron chi connectivity index (χ0n) is 10.8. The van der Waals surface area contributed by atoms with Gasteiger partial charge in [0.25, 0.3) is 11.6 Å². The Balaban J connectivity index is 2.29. The first-order valence-electron chi connectivity index (χ1n) is 6.09. The third-order valence-electron chi connectivity index (χ3n) is 3.08. The van der Waals surface area contributed by atoms with Crippen molar-refractivity contribution in [1.29, 1.82) is 0 Å². The number of halogens is 2. The summed E-state index contributed by atoms with van der Waals surface area (Å²) in [5, 5.41) is 19.7. The molecule has 1 atom stereocenters. The number of carbonyl (C=O) groups is 1. The van der Waals surface area contributed by atoms with Crippen LogP contribution in [0.25, 0.3) is 0 Å². The van der Waals surface area contributed by atoms with Crippen LogP contribution < -0.4 is 0 Å². The summed E-state index contributed by atoms with van der Waals surface area (Å²) < 4.78 is 5.25. The minimum Gasteiger partial charge on any atom is -0.394 e. The van der Waals surface area contributed by atoms with Crippen LogP contribution in [0, 0.1) is 10.1 Å². The third-order valence-corrected chi connectivity index (χ3v) is 3.87. The fourth-order valence-electron chi connectivity index (χ4n) is 2.03. The largest absolute Gasteiger partial charge is 0.394 e. The van der Waals surface area contributed by atoms with E-state index in [4.69, 9.17) is 33.0 Å². The maximum absolute atomic E-state index is 12.4. The van der Waals surface area contributed by atoms with Gasteiger partial charge in [0.2, 0.25) is 0 Å². The van der Waals surface area contributed by atoms with Crippen LogP contribution in [0.2, 0.25) is 10.0 Å². The van der Waals surface area contributed by atoms with Gasteiger partial charge in [-0.15, -0.1) is 0 Å². The van der Waals surface area contributed by atoms with Crippen LogP contribution in [0.5, 0.6) is 0 Å². The number of hydrogen-bond acceptors (Lipinski definition) is 5. The van der Waals surface area contributed by atoms with Crippen molar-refractivity contribution < 1.29 is 19.6 Å². The molecule has 0 saturated carbocycles. The zero-order chi connectivity index (χ0) is 15.6. The van der Waals surface area contributed by atoms with Gasteiger partial charge < -0.3 is 14.7 Å². The topological polar surface area (TPSA) is 92.9 Å². The maximum Gasteiger partial charge on any atom is 0.290 e. The van der Waals surface area contributed by atoms with Gasteiger partial charge in [0, 0.05) is 24.7 Å². The van der Waals surface area contributed by atoms with E-state index in [0.29, 0.717) is 13.2 Å². The Hall–Kier alpha value is -1.41. The van der Waals surface area contributed by atoms with Crippen LogP contribution in [-0.4, -0.2) is 53.2 Å². The molecule has 1 aliphatic heterocycles. The molecule has 0 aliphatic carbocycles. The summed E-state index contributed by atoms with van der Waals surface area (Å²) in [6, 6.07) is 2.39. The number of nitro benzene ring substituents is 1. The Kier molecular flexibility index (Phi) is 5.00. The lowest BCUT2D eigenvalue weighted by molar-refractivity contribution is -0.384. The monoisotopic (exact) mass is 334 g/mol. The Morgan fingerprint density at radius 3 is 2.86 bits per heavy atom. The molecule has 21 heavy (non-hydrogen) atoms. The predicted molar refractivity (Wildman–Crippen MR) is 75.8 cm³/mol. The molecule has 1 amide bonds. The Morgan fingerprint density at radius 1 is 1.52 bits per heavy atom. The summed E-state index contributed by atoms with van der Waals surface area (Å²) in [5.74, 6) is -0.418. The number of benzene rings is 1. The highest BCUT2D eigenvalue weighted by Crippen LogP contribution is 2.33. The number of nitro groups is 1. The molecule has 1 aliphatic rings. The molecule has 1 unspecified atom stereocenters. The molecule has 0 spiro atoms. The van der Waals surface area contributed by atoms with E-state index in [2.05, 4.69) is 0 Å². The standard InChI is InChI=1S/C12H12Cl2N2O5/c13-9-3-7(4-10(11(9)14)16(19)20)12(18)15-1-2-21-8(5-15)6-17/h3-4,8,17H,1-2,5-6H2. The number of hydrogen-bond donors (Lipinski definition) is 1. The first-order chi connectivity index (χ1) is 9.93. The van der Waals surface area contributed by atoms with Gasteiger partial charge in [-0.1, -0.05) is 23.2 Å². The molecule has 1 saturated heterocycles. The SMILES string of the molecule is O=C(c1cc(Cl)c(Cl)c([N+](=O)[O-])c1)N1CCOC(CO)C1. The van der Waals surface area contributed by atoms with Gasteiger partial charge in [0.1, 0.15) is 5.02 Å². The molecule has 2 rings (SSSR count). The lowest BCUT2D eigenvalue weighted by Gasteiger charge is -2.32. The smallest absolute Gasteiger partial charge is 0.290 e. The summed E-state index contributed by atoms with van der Waals surface area (Å²) in [6.07, 6.45) is -0.458. The van der Waals surface area contributed by atoms with E-state index in [9.17, 15) is 14.9 Å². The maximum atomic E-state index is 12.4. The highest BCUT2D eigenvalue weighted by molar-refractivity contribution is 6.43. The summed E-state index contributed by atoms with van der Waals surface area (Å²) in [5.41, 5.74) is -0.339. The third kappa shape index (κ3) is 3.44. The minimum absolute atomic E-state index is 0.0545. The molecule has 7 nitrogen and oxygen atoms in total. The molecule has 1 N–H and O–H groups in total. The average molecular weight is 335 g/mol. The van der Waals surface area contributed by atoms with E-state index >= 15 is 0 Å². The number of nitrogens with zero attached hydrogens (tertiary/aromatic N) is 2. The van der Waals surface area contributed by atoms with Crippen molar-refractivity contribution in [3.8, 4) is 0 Å². The van der Waals surface area contributed by atoms with Gasteiger partial charge in [-0.2, -0.15) is 0 Å². The number of morpholine rings is 1. The van der Waals surface area contributed by atoms with Crippen molar-refractivity contribution in [1.82, 2.24) is 4.90 Å². The lowest BCUT2D eigenvalue weighted by atomic mass is 10.1. The molecular formula is C12H12Cl2N2O5. The first-order valence-corrected chi connectivity index (χ1v) is 6.84. The van der Waals surface area contributed by atoms with Gasteiger partial charge in [-0.25, -0.2) is 0 Å². The molecule has 0 radical (unpaired) electrons. The zero-order valence-corrected chi connectivity index (χ0v) is 12.3. The second kappa shape index (κ2) is 6.57. The first kappa shape index (κ1) is 16.0. The number of amides is 1. The van der Waals surface area contributed by atoms with E-state index < -0.39 is 22.6 Å². The highest BCUT2D eigenvalue weighted by Gasteiger charge is 2.27. The van der Waals surface area contributed by atoms with Crippen molar-refractivity contribution in [3.05, 3.63) is 37.9 Å². The second-order valence-electron chi connectivity index (χ2n) is 4.47. The van der Waals surface area contributed by atoms with Gasteiger partial charge >= 0.3 is 0 Å². The van der Waals surface area contributed by atoms with Crippen molar-refractivity contribution in [2.45, 2.75) is 6.10 Å². The van der Waals surface area contributed by atoms with Crippen molar-refractivity contribution in [2.24, 2.45) is 0 Å². The van der Waals surface area contributed by atoms with E-state index in [1.54, 1.807) is 0 Å². The van der Waals surface area contributed by atoms with Crippen LogP contribution in [0.15, 0.2) is 12.1 Å². The molecule has 1 aromatic carbocycles. The van der Waals surface area contributed by atoms with E-state index in [1.165, 1.54) is 11.0 Å². The average Bonchev–Trinajstić information content (AvgIpc) is 2.48. The van der Waals surface area contributed by atoms with Crippen LogP contribution in [0.1, 0.15) is 10.4 Å². The van der Waals surface area contributed by atoms with Gasteiger partial charge in [0.05, 0.1) is 29.3 Å². The van der Waals surface area contributed by atoms with E-state index in [1.807, 2.05) is 0 Å². The number of carbonyl (C=O) groups excluding carboxylic acids is 1. The Bertz CT molecular complexity index is 581. The number of ether oxygens (including phenoxy) is 1. The lowest BCUT2D eigenvalue weighted by Crippen LogP contribution is -2.46. The van der Waals surface area contributed by atoms with E-state index in [-0.39, 0.29) is 28.8 Å². The Labute approximate surface area is 130 Å². The van der Waals surface area contributed by atoms with Crippen LogP contribution in [0.4, 0.5) is 5.69 Å². The van der Waals surface area contributed by atoms with Crippen LogP contribution in [0.3, 0.4) is 0 Å². The molecule has 1 fully saturated rings. The fourth-order valence-corrected chi connectivity index (χ4v) is 2.42. The highest BCUT2D eigenvalue weighted by atomic mass is 35.5. The summed E-state index contributed by atoms with van der Waals surface area (Å²) in [7, 11) is 0. The molecule has 1 aromatic rings. The molecule has 1 heterocycles. The van der Waals surface area contributed by atoms with E-state index in [0.717, 1.165) is 6.07 Å². The van der Waals surface area contributed by atoms with Crippen molar-refractivity contribution in [2.75, 3.05) is 26.3 Å². The molecule has 0 bridgehead atoms. The fraction of sp³-hybridized carbons (Fsp3) is 0.417. The number of rotatable bonds is 3. The van der Waals surface area contributed by atoms with Crippen molar-refractivity contribution >= 4 is 34.8 Å². The second-order valence-corrected chi connectivity index (χ2v) is 5.26.